The summed E-state index contributed by atoms with van der Waals surface area (Å²) in [6.07, 6.45) is 17.2. The van der Waals surface area contributed by atoms with Gasteiger partial charge in [-0.15, -0.1) is 0 Å². The summed E-state index contributed by atoms with van der Waals surface area (Å²) in [5, 5.41) is 0. The lowest BCUT2D eigenvalue weighted by Gasteiger charge is -2.17. The molecule has 0 spiro atoms. The molecule has 166 valence electrons. The van der Waals surface area contributed by atoms with E-state index in [4.69, 9.17) is 9.47 Å². The van der Waals surface area contributed by atoms with Crippen LogP contribution in [-0.4, -0.2) is 24.6 Å². The van der Waals surface area contributed by atoms with Crippen molar-refractivity contribution in [3.05, 3.63) is 0 Å². The van der Waals surface area contributed by atoms with Crippen LogP contribution in [0, 0.1) is 0 Å². The van der Waals surface area contributed by atoms with E-state index in [1.54, 1.807) is 0 Å². The molecule has 1 atom stereocenters. The first-order valence-electron chi connectivity index (χ1n) is 12.0. The highest BCUT2D eigenvalue weighted by molar-refractivity contribution is 5.69. The van der Waals surface area contributed by atoms with Crippen LogP contribution in [0.4, 0.5) is 0 Å². The summed E-state index contributed by atoms with van der Waals surface area (Å²) in [6, 6.07) is 0. The van der Waals surface area contributed by atoms with Gasteiger partial charge in [-0.05, 0) is 32.1 Å². The first-order chi connectivity index (χ1) is 13.6. The highest BCUT2D eigenvalue weighted by atomic mass is 16.5. The van der Waals surface area contributed by atoms with Crippen LogP contribution >= 0.6 is 0 Å². The van der Waals surface area contributed by atoms with E-state index in [2.05, 4.69) is 20.8 Å². The van der Waals surface area contributed by atoms with Crippen LogP contribution < -0.4 is 0 Å². The van der Waals surface area contributed by atoms with E-state index in [0.717, 1.165) is 83.5 Å². The Morgan fingerprint density at radius 1 is 0.607 bits per heavy atom. The van der Waals surface area contributed by atoms with Gasteiger partial charge in [0.15, 0.2) is 0 Å². The van der Waals surface area contributed by atoms with E-state index >= 15 is 0 Å². The molecule has 4 heteroatoms. The van der Waals surface area contributed by atoms with Crippen LogP contribution in [0.5, 0.6) is 0 Å². The zero-order chi connectivity index (χ0) is 20.9. The molecule has 0 aliphatic carbocycles. The summed E-state index contributed by atoms with van der Waals surface area (Å²) >= 11 is 0. The van der Waals surface area contributed by atoms with Gasteiger partial charge in [-0.2, -0.15) is 0 Å². The summed E-state index contributed by atoms with van der Waals surface area (Å²) in [5.74, 6) is -0.0832. The number of ether oxygens (including phenoxy) is 2. The molecule has 0 saturated heterocycles. The molecule has 0 aromatic rings. The Kier molecular flexibility index (Phi) is 19.9. The van der Waals surface area contributed by atoms with Gasteiger partial charge in [0.25, 0.3) is 0 Å². The molecule has 0 heterocycles. The van der Waals surface area contributed by atoms with E-state index in [-0.39, 0.29) is 18.0 Å². The van der Waals surface area contributed by atoms with Crippen LogP contribution in [0.3, 0.4) is 0 Å². The highest BCUT2D eigenvalue weighted by Crippen LogP contribution is 2.14. The van der Waals surface area contributed by atoms with Crippen LogP contribution in [0.25, 0.3) is 0 Å². The number of esters is 2. The van der Waals surface area contributed by atoms with Crippen molar-refractivity contribution in [2.75, 3.05) is 6.61 Å². The van der Waals surface area contributed by atoms with E-state index in [9.17, 15) is 9.59 Å². The second-order valence-electron chi connectivity index (χ2n) is 7.95. The first-order valence-corrected chi connectivity index (χ1v) is 12.0. The molecule has 4 nitrogen and oxygen atoms in total. The minimum atomic E-state index is -0.0519. The monoisotopic (exact) mass is 398 g/mol. The number of unbranched alkanes of at least 4 members (excludes halogenated alkanes) is 9. The quantitative estimate of drug-likeness (QED) is 0.162. The zero-order valence-corrected chi connectivity index (χ0v) is 18.9. The Labute approximate surface area is 174 Å². The van der Waals surface area contributed by atoms with Crippen molar-refractivity contribution >= 4 is 11.9 Å². The molecule has 0 rings (SSSR count). The summed E-state index contributed by atoms with van der Waals surface area (Å²) in [4.78, 5) is 23.6. The van der Waals surface area contributed by atoms with E-state index < -0.39 is 0 Å². The molecule has 0 fully saturated rings. The Morgan fingerprint density at radius 2 is 1.18 bits per heavy atom. The van der Waals surface area contributed by atoms with Gasteiger partial charge in [0, 0.05) is 12.8 Å². The molecule has 0 aromatic heterocycles. The van der Waals surface area contributed by atoms with Gasteiger partial charge in [0.2, 0.25) is 0 Å². The van der Waals surface area contributed by atoms with E-state index in [1.807, 2.05) is 0 Å². The molecule has 0 aliphatic rings. The van der Waals surface area contributed by atoms with E-state index in [0.29, 0.717) is 19.4 Å². The van der Waals surface area contributed by atoms with Gasteiger partial charge in [-0.25, -0.2) is 0 Å². The number of carbonyl (C=O) groups excluding carboxylic acids is 2. The second-order valence-corrected chi connectivity index (χ2v) is 7.95. The SMILES string of the molecule is CCCCCCOC(=O)CCCCCCCCC(=O)OC(CCC)CCCC. The molecule has 0 amide bonds. The minimum absolute atomic E-state index is 0.0313. The number of hydrogen-bond donors (Lipinski definition) is 0. The Hall–Kier alpha value is -1.06. The van der Waals surface area contributed by atoms with Gasteiger partial charge >= 0.3 is 11.9 Å². The first kappa shape index (κ1) is 26.9. The van der Waals surface area contributed by atoms with Crippen molar-refractivity contribution in [3.63, 3.8) is 0 Å². The minimum Gasteiger partial charge on any atom is -0.466 e. The average molecular weight is 399 g/mol. The average Bonchev–Trinajstić information content (AvgIpc) is 2.68. The fourth-order valence-corrected chi connectivity index (χ4v) is 3.29. The summed E-state index contributed by atoms with van der Waals surface area (Å²) in [6.45, 7) is 7.06. The maximum Gasteiger partial charge on any atom is 0.306 e. The predicted molar refractivity (Wildman–Crippen MR) is 116 cm³/mol. The maximum atomic E-state index is 12.0. The number of rotatable bonds is 20. The van der Waals surface area contributed by atoms with Crippen molar-refractivity contribution in [2.24, 2.45) is 0 Å². The van der Waals surface area contributed by atoms with Crippen molar-refractivity contribution in [2.45, 2.75) is 136 Å². The van der Waals surface area contributed by atoms with Gasteiger partial charge < -0.3 is 9.47 Å². The van der Waals surface area contributed by atoms with Crippen molar-refractivity contribution in [1.29, 1.82) is 0 Å². The van der Waals surface area contributed by atoms with E-state index in [1.165, 1.54) is 12.8 Å². The fraction of sp³-hybridized carbons (Fsp3) is 0.917. The van der Waals surface area contributed by atoms with Gasteiger partial charge in [-0.3, -0.25) is 9.59 Å². The van der Waals surface area contributed by atoms with Gasteiger partial charge in [0.1, 0.15) is 6.10 Å². The molecule has 28 heavy (non-hydrogen) atoms. The number of carbonyl (C=O) groups is 2. The van der Waals surface area contributed by atoms with Gasteiger partial charge in [-0.1, -0.05) is 85.0 Å². The zero-order valence-electron chi connectivity index (χ0n) is 18.9. The molecular formula is C24H46O4. The molecule has 0 N–H and O–H groups in total. The summed E-state index contributed by atoms with van der Waals surface area (Å²) in [5.41, 5.74) is 0. The molecule has 0 bridgehead atoms. The third-order valence-electron chi connectivity index (χ3n) is 5.06. The predicted octanol–water partition coefficient (Wildman–Crippen LogP) is 7.13. The smallest absolute Gasteiger partial charge is 0.306 e. The molecule has 0 aromatic carbocycles. The third-order valence-corrected chi connectivity index (χ3v) is 5.06. The van der Waals surface area contributed by atoms with Crippen molar-refractivity contribution < 1.29 is 19.1 Å². The normalized spacial score (nSPS) is 12.0. The lowest BCUT2D eigenvalue weighted by molar-refractivity contribution is -0.150. The molecule has 0 saturated carbocycles. The molecule has 1 unspecified atom stereocenters. The van der Waals surface area contributed by atoms with Gasteiger partial charge in [0.05, 0.1) is 6.61 Å². The Balaban J connectivity index is 3.50. The third kappa shape index (κ3) is 18.3. The Morgan fingerprint density at radius 3 is 1.79 bits per heavy atom. The van der Waals surface area contributed by atoms with Crippen molar-refractivity contribution in [1.82, 2.24) is 0 Å². The maximum absolute atomic E-state index is 12.0. The second kappa shape index (κ2) is 20.7. The van der Waals surface area contributed by atoms with Crippen LogP contribution in [0.15, 0.2) is 0 Å². The molecule has 0 radical (unpaired) electrons. The largest absolute Gasteiger partial charge is 0.466 e. The summed E-state index contributed by atoms with van der Waals surface area (Å²) < 4.78 is 10.9. The van der Waals surface area contributed by atoms with Crippen molar-refractivity contribution in [3.8, 4) is 0 Å². The molecule has 0 aliphatic heterocycles. The molecular weight excluding hydrogens is 352 g/mol. The Bertz CT molecular complexity index is 368. The van der Waals surface area contributed by atoms with Crippen LogP contribution in [0.1, 0.15) is 130 Å². The number of hydrogen-bond acceptors (Lipinski definition) is 4. The standard InChI is InChI=1S/C24H46O4/c1-4-7-9-16-21-27-23(25)19-14-12-10-11-13-15-20-24(26)28-22(17-6-3)18-8-5-2/h22H,4-21H2,1-3H3. The van der Waals surface area contributed by atoms with Crippen LogP contribution in [-0.2, 0) is 19.1 Å². The lowest BCUT2D eigenvalue weighted by Crippen LogP contribution is -2.18. The highest BCUT2D eigenvalue weighted by Gasteiger charge is 2.12. The topological polar surface area (TPSA) is 52.6 Å². The van der Waals surface area contributed by atoms with Crippen LogP contribution in [0.2, 0.25) is 0 Å². The summed E-state index contributed by atoms with van der Waals surface area (Å²) in [7, 11) is 0. The lowest BCUT2D eigenvalue weighted by atomic mass is 10.1. The fourth-order valence-electron chi connectivity index (χ4n) is 3.29.